The number of aromatic hydroxyl groups is 1. The van der Waals surface area contributed by atoms with Crippen LogP contribution < -0.4 is 5.32 Å². The van der Waals surface area contributed by atoms with Crippen LogP contribution >= 0.6 is 0 Å². The van der Waals surface area contributed by atoms with Crippen LogP contribution in [0, 0.1) is 0 Å². The van der Waals surface area contributed by atoms with E-state index in [-0.39, 0.29) is 11.7 Å². The number of rotatable bonds is 4. The smallest absolute Gasteiger partial charge is 0.255 e. The van der Waals surface area contributed by atoms with Gasteiger partial charge < -0.3 is 15.2 Å². The number of fused-ring (bicyclic) bond motifs is 1. The minimum absolute atomic E-state index is 0.0435. The number of amides is 1. The monoisotopic (exact) mass is 300 g/mol. The molecule has 3 rings (SSSR count). The summed E-state index contributed by atoms with van der Waals surface area (Å²) in [4.78, 5) is 14.5. The van der Waals surface area contributed by atoms with E-state index in [4.69, 9.17) is 4.74 Å². The molecule has 0 bridgehead atoms. The van der Waals surface area contributed by atoms with Crippen LogP contribution in [0.15, 0.2) is 36.4 Å². The normalized spacial score (nSPS) is 15.8. The summed E-state index contributed by atoms with van der Waals surface area (Å²) < 4.78 is 5.29. The third-order valence-electron chi connectivity index (χ3n) is 3.96. The summed E-state index contributed by atoms with van der Waals surface area (Å²) in [5, 5.41) is 14.8. The molecule has 0 aliphatic carbocycles. The molecule has 2 N–H and O–H groups in total. The van der Waals surface area contributed by atoms with Gasteiger partial charge >= 0.3 is 0 Å². The van der Waals surface area contributed by atoms with E-state index in [1.165, 1.54) is 0 Å². The third kappa shape index (κ3) is 3.21. The average molecular weight is 300 g/mol. The number of nitrogens with zero attached hydrogens (tertiary/aromatic N) is 1. The SMILES string of the molecule is O=C(NCCN1CCOCC1)c1ccc2ccccc2c1O. The first kappa shape index (κ1) is 14.8. The van der Waals surface area contributed by atoms with Gasteiger partial charge in [0.2, 0.25) is 0 Å². The molecular formula is C17H20N2O3. The molecule has 1 saturated heterocycles. The molecule has 0 aromatic heterocycles. The van der Waals surface area contributed by atoms with E-state index in [1.807, 2.05) is 30.3 Å². The van der Waals surface area contributed by atoms with Crippen molar-refractivity contribution in [3.63, 3.8) is 0 Å². The predicted octanol–water partition coefficient (Wildman–Crippen LogP) is 1.61. The first-order valence-corrected chi connectivity index (χ1v) is 7.55. The highest BCUT2D eigenvalue weighted by molar-refractivity contribution is 6.03. The molecule has 1 aliphatic rings. The van der Waals surface area contributed by atoms with Crippen molar-refractivity contribution in [2.45, 2.75) is 0 Å². The fourth-order valence-electron chi connectivity index (χ4n) is 2.69. The zero-order chi connectivity index (χ0) is 15.4. The highest BCUT2D eigenvalue weighted by atomic mass is 16.5. The van der Waals surface area contributed by atoms with Gasteiger partial charge in [0.25, 0.3) is 5.91 Å². The van der Waals surface area contributed by atoms with Gasteiger partial charge in [-0.3, -0.25) is 9.69 Å². The van der Waals surface area contributed by atoms with Crippen LogP contribution in [0.1, 0.15) is 10.4 Å². The number of carbonyl (C=O) groups is 1. The first-order valence-electron chi connectivity index (χ1n) is 7.55. The predicted molar refractivity (Wildman–Crippen MR) is 85.2 cm³/mol. The summed E-state index contributed by atoms with van der Waals surface area (Å²) in [6, 6.07) is 11.0. The Morgan fingerprint density at radius 1 is 1.18 bits per heavy atom. The number of carbonyl (C=O) groups excluding carboxylic acids is 1. The van der Waals surface area contributed by atoms with Crippen molar-refractivity contribution in [2.75, 3.05) is 39.4 Å². The van der Waals surface area contributed by atoms with Crippen LogP contribution in [0.4, 0.5) is 0 Å². The molecule has 0 spiro atoms. The number of morpholine rings is 1. The van der Waals surface area contributed by atoms with Gasteiger partial charge in [0.05, 0.1) is 18.8 Å². The van der Waals surface area contributed by atoms with Crippen molar-refractivity contribution in [3.05, 3.63) is 42.0 Å². The summed E-state index contributed by atoms with van der Waals surface area (Å²) in [7, 11) is 0. The zero-order valence-corrected chi connectivity index (χ0v) is 12.4. The Morgan fingerprint density at radius 2 is 1.95 bits per heavy atom. The van der Waals surface area contributed by atoms with E-state index in [0.717, 1.165) is 38.2 Å². The van der Waals surface area contributed by atoms with E-state index >= 15 is 0 Å². The summed E-state index contributed by atoms with van der Waals surface area (Å²) in [5.41, 5.74) is 0.320. The molecule has 1 fully saturated rings. The topological polar surface area (TPSA) is 61.8 Å². The molecule has 0 atom stereocenters. The van der Waals surface area contributed by atoms with Gasteiger partial charge in [-0.1, -0.05) is 30.3 Å². The van der Waals surface area contributed by atoms with E-state index in [0.29, 0.717) is 17.5 Å². The average Bonchev–Trinajstić information content (AvgIpc) is 2.56. The molecule has 22 heavy (non-hydrogen) atoms. The number of hydrogen-bond donors (Lipinski definition) is 2. The molecule has 1 aliphatic heterocycles. The van der Waals surface area contributed by atoms with Gasteiger partial charge in [-0.25, -0.2) is 0 Å². The molecule has 1 heterocycles. The van der Waals surface area contributed by atoms with Crippen LogP contribution in [-0.2, 0) is 4.74 Å². The number of hydrogen-bond acceptors (Lipinski definition) is 4. The van der Waals surface area contributed by atoms with Gasteiger partial charge in [-0.2, -0.15) is 0 Å². The van der Waals surface area contributed by atoms with Crippen LogP contribution in [0.2, 0.25) is 0 Å². The van der Waals surface area contributed by atoms with E-state index in [9.17, 15) is 9.90 Å². The Bertz CT molecular complexity index is 666. The number of phenolic OH excluding ortho intramolecular Hbond substituents is 1. The zero-order valence-electron chi connectivity index (χ0n) is 12.4. The maximum Gasteiger partial charge on any atom is 0.255 e. The molecule has 5 heteroatoms. The van der Waals surface area contributed by atoms with Crippen molar-refractivity contribution in [1.82, 2.24) is 10.2 Å². The molecule has 1 amide bonds. The Labute approximate surface area is 129 Å². The number of nitrogens with one attached hydrogen (secondary N) is 1. The highest BCUT2D eigenvalue weighted by Gasteiger charge is 2.14. The van der Waals surface area contributed by atoms with Gasteiger partial charge in [0.1, 0.15) is 5.75 Å². The fraction of sp³-hybridized carbons (Fsp3) is 0.353. The summed E-state index contributed by atoms with van der Waals surface area (Å²) >= 11 is 0. The molecule has 0 radical (unpaired) electrons. The summed E-state index contributed by atoms with van der Waals surface area (Å²) in [6.45, 7) is 4.65. The summed E-state index contributed by atoms with van der Waals surface area (Å²) in [5.74, 6) is -0.196. The Morgan fingerprint density at radius 3 is 2.77 bits per heavy atom. The quantitative estimate of drug-likeness (QED) is 0.900. The van der Waals surface area contributed by atoms with E-state index < -0.39 is 0 Å². The molecule has 0 saturated carbocycles. The van der Waals surface area contributed by atoms with Crippen molar-refractivity contribution >= 4 is 16.7 Å². The minimum Gasteiger partial charge on any atom is -0.506 e. The second-order valence-corrected chi connectivity index (χ2v) is 5.39. The van der Waals surface area contributed by atoms with Gasteiger partial charge in [-0.15, -0.1) is 0 Å². The van der Waals surface area contributed by atoms with Crippen LogP contribution in [0.5, 0.6) is 5.75 Å². The van der Waals surface area contributed by atoms with Crippen molar-refractivity contribution in [1.29, 1.82) is 0 Å². The maximum absolute atomic E-state index is 12.2. The maximum atomic E-state index is 12.2. The van der Waals surface area contributed by atoms with Crippen molar-refractivity contribution in [3.8, 4) is 5.75 Å². The Kier molecular flexibility index (Phi) is 4.56. The molecule has 2 aromatic carbocycles. The lowest BCUT2D eigenvalue weighted by molar-refractivity contribution is 0.0383. The van der Waals surface area contributed by atoms with Gasteiger partial charge in [-0.05, 0) is 11.5 Å². The van der Waals surface area contributed by atoms with Gasteiger partial charge in [0.15, 0.2) is 0 Å². The minimum atomic E-state index is -0.239. The molecule has 116 valence electrons. The Hall–Kier alpha value is -2.11. The van der Waals surface area contributed by atoms with Crippen LogP contribution in [-0.4, -0.2) is 55.3 Å². The number of phenols is 1. The second kappa shape index (κ2) is 6.77. The molecular weight excluding hydrogens is 280 g/mol. The second-order valence-electron chi connectivity index (χ2n) is 5.39. The standard InChI is InChI=1S/C17H20N2O3/c20-16-14-4-2-1-3-13(14)5-6-15(16)17(21)18-7-8-19-9-11-22-12-10-19/h1-6,20H,7-12H2,(H,18,21). The van der Waals surface area contributed by atoms with Gasteiger partial charge in [0, 0.05) is 31.6 Å². The van der Waals surface area contributed by atoms with Crippen molar-refractivity contribution in [2.24, 2.45) is 0 Å². The van der Waals surface area contributed by atoms with E-state index in [1.54, 1.807) is 6.07 Å². The third-order valence-corrected chi connectivity index (χ3v) is 3.96. The highest BCUT2D eigenvalue weighted by Crippen LogP contribution is 2.28. The molecule has 5 nitrogen and oxygen atoms in total. The largest absolute Gasteiger partial charge is 0.506 e. The van der Waals surface area contributed by atoms with Crippen molar-refractivity contribution < 1.29 is 14.6 Å². The first-order chi connectivity index (χ1) is 10.8. The lowest BCUT2D eigenvalue weighted by Gasteiger charge is -2.26. The Balaban J connectivity index is 1.63. The van der Waals surface area contributed by atoms with Crippen LogP contribution in [0.25, 0.3) is 10.8 Å². The molecule has 2 aromatic rings. The lowest BCUT2D eigenvalue weighted by atomic mass is 10.0. The van der Waals surface area contributed by atoms with E-state index in [2.05, 4.69) is 10.2 Å². The molecule has 0 unspecified atom stereocenters. The summed E-state index contributed by atoms with van der Waals surface area (Å²) in [6.07, 6.45) is 0. The fourth-order valence-corrected chi connectivity index (χ4v) is 2.69. The number of ether oxygens (including phenoxy) is 1. The number of benzene rings is 2. The lowest BCUT2D eigenvalue weighted by Crippen LogP contribution is -2.41. The van der Waals surface area contributed by atoms with Crippen LogP contribution in [0.3, 0.4) is 0 Å².